The number of benzene rings is 6. The van der Waals surface area contributed by atoms with Crippen LogP contribution in [0.15, 0.2) is 126 Å². The zero-order valence-electron chi connectivity index (χ0n) is 41.7. The summed E-state index contributed by atoms with van der Waals surface area (Å²) in [5.41, 5.74) is 21.7. The Bertz CT molecular complexity index is 2800. The van der Waals surface area contributed by atoms with Gasteiger partial charge < -0.3 is 0 Å². The van der Waals surface area contributed by atoms with Crippen molar-refractivity contribution in [1.82, 2.24) is 0 Å². The molecule has 0 nitrogen and oxygen atoms in total. The first-order valence-corrected chi connectivity index (χ1v) is 36.9. The number of hydrogen-bond donors (Lipinski definition) is 0. The van der Waals surface area contributed by atoms with Gasteiger partial charge in [0, 0.05) is 0 Å². The van der Waals surface area contributed by atoms with Crippen LogP contribution < -0.4 is 13.6 Å². The Hall–Kier alpha value is -3.52. The van der Waals surface area contributed by atoms with E-state index in [1.165, 1.54) is 103 Å². The molecule has 1 heterocycles. The molecule has 0 fully saturated rings. The standard InChI is InChI=1S/2C25H31.C12H9Si.2ClH.Zr/c2*1-7-17(3)20-15-19-13-14-23(25(4,5)6)24(22(19)16-20)21-12-10-9-11-18(21)8-2;1-3-7-11-9(5-1)10-6-2-4-8-12(10)13-11;;;/h2*9-17H,7-8H2,1-6H3;1-7H,13H2;2*1H;/q;;;;;+2/p-2. The predicted molar refractivity (Wildman–Crippen MR) is 291 cm³/mol. The summed E-state index contributed by atoms with van der Waals surface area (Å²) in [5.74, 6) is 0.553. The van der Waals surface area contributed by atoms with Gasteiger partial charge in [-0.25, -0.2) is 0 Å². The summed E-state index contributed by atoms with van der Waals surface area (Å²) in [4.78, 5) is 0. The predicted octanol–water partition coefficient (Wildman–Crippen LogP) is 15.8. The van der Waals surface area contributed by atoms with E-state index in [9.17, 15) is 17.0 Å². The topological polar surface area (TPSA) is 0 Å². The summed E-state index contributed by atoms with van der Waals surface area (Å²) in [5, 5.41) is 2.98. The molecule has 2 aliphatic carbocycles. The second-order valence-corrected chi connectivity index (χ2v) is 44.5. The zero-order valence-corrected chi connectivity index (χ0v) is 47.1. The zero-order chi connectivity index (χ0) is 47.1. The van der Waals surface area contributed by atoms with Gasteiger partial charge >= 0.3 is 412 Å². The van der Waals surface area contributed by atoms with E-state index in [1.54, 1.807) is 0 Å². The maximum atomic E-state index is 9.70. The Morgan fingerprint density at radius 2 is 0.939 bits per heavy atom. The van der Waals surface area contributed by atoms with Gasteiger partial charge in [-0.3, -0.25) is 0 Å². The van der Waals surface area contributed by atoms with E-state index in [-0.39, 0.29) is 29.9 Å². The van der Waals surface area contributed by atoms with Crippen LogP contribution in [0.1, 0.15) is 148 Å². The Morgan fingerprint density at radius 1 is 0.515 bits per heavy atom. The van der Waals surface area contributed by atoms with E-state index in [2.05, 4.69) is 210 Å². The second-order valence-electron chi connectivity index (χ2n) is 22.1. The van der Waals surface area contributed by atoms with Gasteiger partial charge in [0.2, 0.25) is 0 Å². The molecule has 341 valence electrons. The molecular formula is C62H71Cl2SiZr. The summed E-state index contributed by atoms with van der Waals surface area (Å²) in [7, 11) is 18.5. The number of hydrogen-bond acceptors (Lipinski definition) is 0. The van der Waals surface area contributed by atoms with Crippen LogP contribution in [0.3, 0.4) is 0 Å². The monoisotopic (exact) mass is 1000 g/mol. The Morgan fingerprint density at radius 3 is 1.38 bits per heavy atom. The molecule has 4 unspecified atom stereocenters. The van der Waals surface area contributed by atoms with Crippen LogP contribution in [0.4, 0.5) is 0 Å². The van der Waals surface area contributed by atoms with Crippen molar-refractivity contribution in [1.29, 1.82) is 0 Å². The molecule has 0 N–H and O–H groups in total. The molecule has 1 aliphatic heterocycles. The quantitative estimate of drug-likeness (QED) is 0.113. The van der Waals surface area contributed by atoms with E-state index < -0.39 is 25.9 Å². The molecular weight excluding hydrogens is 935 g/mol. The molecule has 4 atom stereocenters. The summed E-state index contributed by atoms with van der Waals surface area (Å²) >= 11 is -5.85. The van der Waals surface area contributed by atoms with E-state index in [0.29, 0.717) is 0 Å². The van der Waals surface area contributed by atoms with Gasteiger partial charge in [-0.1, -0.05) is 0 Å². The fourth-order valence-electron chi connectivity index (χ4n) is 12.5. The molecule has 0 aromatic heterocycles. The van der Waals surface area contributed by atoms with E-state index in [4.69, 9.17) is 0 Å². The minimum absolute atomic E-state index is 0.0853. The average Bonchev–Trinajstić information content (AvgIpc) is 4.03. The van der Waals surface area contributed by atoms with E-state index in [0.717, 1.165) is 25.7 Å². The van der Waals surface area contributed by atoms with Crippen LogP contribution >= 0.6 is 17.0 Å². The Labute approximate surface area is 408 Å². The SMILES string of the molecule is CCc1ccccc1-c1c(C(C)(C)C)ccc2c1C=C(C(C)CC)[CH]2[Zr]([Cl])([Cl])([c]1cccc2c1[SiH2]c1ccccc1-2)[CH]1C(C(C)CC)=Cc2c1ccc(C(C)(C)C)c2-c1ccccc1CC. The van der Waals surface area contributed by atoms with Crippen LogP contribution in [0.2, 0.25) is 0 Å². The molecule has 6 aromatic rings. The van der Waals surface area contributed by atoms with Gasteiger partial charge in [-0.2, -0.15) is 0 Å². The molecule has 0 saturated carbocycles. The average molecular weight is 1010 g/mol. The molecule has 0 spiro atoms. The molecule has 0 saturated heterocycles. The van der Waals surface area contributed by atoms with Crippen molar-refractivity contribution in [3.8, 4) is 33.4 Å². The maximum absolute atomic E-state index is 9.70. The van der Waals surface area contributed by atoms with Crippen LogP contribution in [0, 0.1) is 11.8 Å². The first-order valence-electron chi connectivity index (χ1n) is 25.1. The summed E-state index contributed by atoms with van der Waals surface area (Å²) in [6, 6.07) is 44.4. The first kappa shape index (κ1) is 47.5. The van der Waals surface area contributed by atoms with Gasteiger partial charge in [-0.05, 0) is 0 Å². The van der Waals surface area contributed by atoms with Crippen LogP contribution in [0.25, 0.3) is 45.5 Å². The van der Waals surface area contributed by atoms with Gasteiger partial charge in [0.1, 0.15) is 0 Å². The summed E-state index contributed by atoms with van der Waals surface area (Å²) in [6.45, 7) is 28.5. The van der Waals surface area contributed by atoms with Crippen molar-refractivity contribution < 1.29 is 16.4 Å². The number of fused-ring (bicyclic) bond motifs is 5. The number of allylic oxidation sites excluding steroid dienone is 2. The minimum atomic E-state index is -5.85. The van der Waals surface area contributed by atoms with E-state index in [1.807, 2.05) is 0 Å². The summed E-state index contributed by atoms with van der Waals surface area (Å²) < 4.78 is 1.04. The number of aryl methyl sites for hydroxylation is 2. The molecule has 4 heteroatoms. The molecule has 0 radical (unpaired) electrons. The molecule has 66 heavy (non-hydrogen) atoms. The van der Waals surface area contributed by atoms with Crippen molar-refractivity contribution in [2.75, 3.05) is 0 Å². The third kappa shape index (κ3) is 7.45. The van der Waals surface area contributed by atoms with Gasteiger partial charge in [0.15, 0.2) is 0 Å². The fourth-order valence-corrected chi connectivity index (χ4v) is 40.5. The number of rotatable bonds is 11. The number of halogens is 2. The van der Waals surface area contributed by atoms with Gasteiger partial charge in [-0.15, -0.1) is 0 Å². The van der Waals surface area contributed by atoms with Crippen molar-refractivity contribution in [3.05, 3.63) is 171 Å². The van der Waals surface area contributed by atoms with Crippen molar-refractivity contribution in [3.63, 3.8) is 0 Å². The Balaban J connectivity index is 1.46. The van der Waals surface area contributed by atoms with Crippen LogP contribution in [-0.2, 0) is 40.1 Å². The first-order chi connectivity index (χ1) is 31.4. The third-order valence-electron chi connectivity index (χ3n) is 16.2. The van der Waals surface area contributed by atoms with Crippen molar-refractivity contribution >= 4 is 52.3 Å². The normalized spacial score (nSPS) is 18.5. The molecule has 3 aliphatic rings. The third-order valence-corrected chi connectivity index (χ3v) is 38.8. The molecule has 0 amide bonds. The molecule has 0 bridgehead atoms. The van der Waals surface area contributed by atoms with E-state index >= 15 is 0 Å². The van der Waals surface area contributed by atoms with Crippen molar-refractivity contribution in [2.45, 2.75) is 127 Å². The van der Waals surface area contributed by atoms with Crippen molar-refractivity contribution in [2.24, 2.45) is 11.8 Å². The van der Waals surface area contributed by atoms with Crippen LogP contribution in [0.5, 0.6) is 0 Å². The second kappa shape index (κ2) is 17.5. The summed E-state index contributed by atoms with van der Waals surface area (Å²) in [6.07, 6.45) is 9.19. The molecule has 9 rings (SSSR count). The van der Waals surface area contributed by atoms with Gasteiger partial charge in [0.25, 0.3) is 0 Å². The molecule has 6 aromatic carbocycles. The van der Waals surface area contributed by atoms with Gasteiger partial charge in [0.05, 0.1) is 0 Å². The van der Waals surface area contributed by atoms with Crippen LogP contribution in [-0.4, -0.2) is 9.52 Å². The Kier molecular flexibility index (Phi) is 12.6. The fraction of sp³-hybridized carbons (Fsp3) is 0.355.